The summed E-state index contributed by atoms with van der Waals surface area (Å²) in [6.45, 7) is 0.855. The van der Waals surface area contributed by atoms with E-state index in [1.807, 2.05) is 72.1 Å². The molecule has 6 nitrogen and oxygen atoms in total. The molecule has 3 aromatic rings. The quantitative estimate of drug-likeness (QED) is 0.699. The summed E-state index contributed by atoms with van der Waals surface area (Å²) in [6, 6.07) is 15.7. The molecule has 0 aliphatic carbocycles. The second kappa shape index (κ2) is 7.04. The van der Waals surface area contributed by atoms with Crippen molar-refractivity contribution in [3.05, 3.63) is 70.5 Å². The molecule has 1 aliphatic rings. The maximum Gasteiger partial charge on any atom is 0.246 e. The van der Waals surface area contributed by atoms with Crippen LogP contribution >= 0.6 is 11.6 Å². The fraction of sp³-hybridized carbons (Fsp3) is 0.250. The van der Waals surface area contributed by atoms with E-state index in [9.17, 15) is 4.79 Å². The van der Waals surface area contributed by atoms with E-state index in [4.69, 9.17) is 11.6 Å². The number of hydrogen-bond donors (Lipinski definition) is 0. The van der Waals surface area contributed by atoms with E-state index in [0.29, 0.717) is 23.9 Å². The summed E-state index contributed by atoms with van der Waals surface area (Å²) in [5.74, 6) is 1.50. The third-order valence-electron chi connectivity index (χ3n) is 4.95. The largest absolute Gasteiger partial charge is 0.327 e. The van der Waals surface area contributed by atoms with Crippen LogP contribution in [-0.2, 0) is 24.8 Å². The molecular weight excluding hydrogens is 362 g/mol. The number of nitrogens with zero attached hydrogens (tertiary/aromatic N) is 5. The molecule has 0 saturated heterocycles. The van der Waals surface area contributed by atoms with Gasteiger partial charge in [-0.1, -0.05) is 48.0 Å². The molecule has 1 amide bonds. The van der Waals surface area contributed by atoms with Crippen molar-refractivity contribution in [3.63, 3.8) is 0 Å². The van der Waals surface area contributed by atoms with Crippen molar-refractivity contribution in [1.29, 1.82) is 0 Å². The average Bonchev–Trinajstić information content (AvgIpc) is 2.97. The van der Waals surface area contributed by atoms with Gasteiger partial charge in [-0.2, -0.15) is 0 Å². The summed E-state index contributed by atoms with van der Waals surface area (Å²) in [5, 5.41) is 9.42. The molecule has 2 heterocycles. The van der Waals surface area contributed by atoms with Gasteiger partial charge in [-0.05, 0) is 23.3 Å². The van der Waals surface area contributed by atoms with Crippen LogP contribution in [0.25, 0.3) is 0 Å². The number of likely N-dealkylation sites (N-methyl/N-ethyl adjacent to an activating group) is 1. The highest BCUT2D eigenvalue weighted by Gasteiger charge is 2.26. The van der Waals surface area contributed by atoms with Gasteiger partial charge in [-0.15, -0.1) is 10.2 Å². The molecule has 7 heteroatoms. The zero-order valence-corrected chi connectivity index (χ0v) is 16.0. The summed E-state index contributed by atoms with van der Waals surface area (Å²) in [5.41, 5.74) is 3.02. The van der Waals surface area contributed by atoms with Crippen molar-refractivity contribution in [3.8, 4) is 0 Å². The third-order valence-corrected chi connectivity index (χ3v) is 5.31. The number of rotatable bonds is 3. The van der Waals surface area contributed by atoms with Gasteiger partial charge in [0.25, 0.3) is 0 Å². The number of carbonyl (C=O) groups excluding carboxylic acids is 1. The molecule has 0 fully saturated rings. The molecule has 0 saturated carbocycles. The molecule has 1 aliphatic heterocycles. The van der Waals surface area contributed by atoms with Gasteiger partial charge < -0.3 is 14.4 Å². The Balaban J connectivity index is 1.65. The first kappa shape index (κ1) is 17.5. The summed E-state index contributed by atoms with van der Waals surface area (Å²) in [6.07, 6.45) is 0.585. The molecule has 4 rings (SSSR count). The molecule has 0 atom stereocenters. The maximum atomic E-state index is 12.6. The second-order valence-electron chi connectivity index (χ2n) is 6.68. The number of halogens is 1. The Kier molecular flexibility index (Phi) is 4.58. The number of para-hydroxylation sites is 1. The van der Waals surface area contributed by atoms with Gasteiger partial charge in [0.15, 0.2) is 0 Å². The Morgan fingerprint density at radius 2 is 1.74 bits per heavy atom. The van der Waals surface area contributed by atoms with Gasteiger partial charge in [-0.3, -0.25) is 4.79 Å². The summed E-state index contributed by atoms with van der Waals surface area (Å²) in [4.78, 5) is 16.3. The van der Waals surface area contributed by atoms with E-state index in [0.717, 1.165) is 22.6 Å². The molecule has 0 spiro atoms. The number of benzene rings is 2. The minimum absolute atomic E-state index is 0.0237. The van der Waals surface area contributed by atoms with Crippen molar-refractivity contribution in [2.24, 2.45) is 7.05 Å². The van der Waals surface area contributed by atoms with Crippen LogP contribution in [0.5, 0.6) is 0 Å². The first-order valence-electron chi connectivity index (χ1n) is 8.75. The topological polar surface area (TPSA) is 54.3 Å². The number of carbonyl (C=O) groups is 1. The number of fused-ring (bicyclic) bond motifs is 1. The maximum absolute atomic E-state index is 12.6. The highest BCUT2D eigenvalue weighted by molar-refractivity contribution is 6.31. The number of amides is 1. The van der Waals surface area contributed by atoms with Crippen LogP contribution in [0, 0.1) is 0 Å². The van der Waals surface area contributed by atoms with Crippen LogP contribution in [0.2, 0.25) is 5.02 Å². The molecule has 2 aromatic carbocycles. The third kappa shape index (κ3) is 3.28. The number of aromatic nitrogens is 3. The molecule has 0 N–H and O–H groups in total. The van der Waals surface area contributed by atoms with Crippen LogP contribution in [0.4, 0.5) is 11.6 Å². The lowest BCUT2D eigenvalue weighted by molar-refractivity contribution is -0.117. The predicted molar refractivity (Wildman–Crippen MR) is 106 cm³/mol. The second-order valence-corrected chi connectivity index (χ2v) is 7.09. The van der Waals surface area contributed by atoms with E-state index in [1.54, 1.807) is 4.90 Å². The standard InChI is InChI=1S/C20H20ClN5O/c1-24-17-10-6-4-8-15(17)12-26(13-19(24)27)20-23-22-18(25(20)2)11-14-7-3-5-9-16(14)21/h3-10H,11-13H2,1-2H3. The zero-order valence-electron chi connectivity index (χ0n) is 15.3. The molecule has 1 aromatic heterocycles. The molecule has 0 unspecified atom stereocenters. The Labute approximate surface area is 163 Å². The first-order valence-corrected chi connectivity index (χ1v) is 9.13. The first-order chi connectivity index (χ1) is 13.0. The van der Waals surface area contributed by atoms with E-state index in [2.05, 4.69) is 10.2 Å². The van der Waals surface area contributed by atoms with Crippen molar-refractivity contribution >= 4 is 29.1 Å². The van der Waals surface area contributed by atoms with Gasteiger partial charge in [0.2, 0.25) is 11.9 Å². The lowest BCUT2D eigenvalue weighted by atomic mass is 10.1. The minimum Gasteiger partial charge on any atom is -0.327 e. The Morgan fingerprint density at radius 3 is 2.56 bits per heavy atom. The number of anilines is 2. The summed E-state index contributed by atoms with van der Waals surface area (Å²) in [7, 11) is 3.73. The lowest BCUT2D eigenvalue weighted by Crippen LogP contribution is -2.36. The fourth-order valence-corrected chi connectivity index (χ4v) is 3.57. The smallest absolute Gasteiger partial charge is 0.246 e. The Hall–Kier alpha value is -2.86. The summed E-state index contributed by atoms with van der Waals surface area (Å²) < 4.78 is 1.94. The molecule has 0 bridgehead atoms. The van der Waals surface area contributed by atoms with Gasteiger partial charge in [0.05, 0.1) is 0 Å². The normalized spacial score (nSPS) is 14.3. The van der Waals surface area contributed by atoms with E-state index < -0.39 is 0 Å². The molecule has 27 heavy (non-hydrogen) atoms. The lowest BCUT2D eigenvalue weighted by Gasteiger charge is -2.20. The van der Waals surface area contributed by atoms with E-state index >= 15 is 0 Å². The minimum atomic E-state index is 0.0237. The molecule has 0 radical (unpaired) electrons. The molecule has 138 valence electrons. The van der Waals surface area contributed by atoms with Gasteiger partial charge in [0.1, 0.15) is 12.4 Å². The zero-order chi connectivity index (χ0) is 19.0. The fourth-order valence-electron chi connectivity index (χ4n) is 3.37. The SMILES string of the molecule is CN1C(=O)CN(c2nnc(Cc3ccccc3Cl)n2C)Cc2ccccc21. The van der Waals surface area contributed by atoms with Gasteiger partial charge in [0, 0.05) is 37.8 Å². The van der Waals surface area contributed by atoms with Crippen LogP contribution in [0.1, 0.15) is 17.0 Å². The Bertz CT molecular complexity index is 1000. The van der Waals surface area contributed by atoms with Crippen LogP contribution < -0.4 is 9.80 Å². The van der Waals surface area contributed by atoms with Crippen LogP contribution in [0.15, 0.2) is 48.5 Å². The van der Waals surface area contributed by atoms with Gasteiger partial charge in [-0.25, -0.2) is 0 Å². The van der Waals surface area contributed by atoms with Crippen molar-refractivity contribution in [2.45, 2.75) is 13.0 Å². The van der Waals surface area contributed by atoms with Crippen molar-refractivity contribution in [2.75, 3.05) is 23.4 Å². The van der Waals surface area contributed by atoms with Crippen LogP contribution in [-0.4, -0.2) is 34.3 Å². The van der Waals surface area contributed by atoms with Gasteiger partial charge >= 0.3 is 0 Å². The Morgan fingerprint density at radius 1 is 1.00 bits per heavy atom. The van der Waals surface area contributed by atoms with Crippen LogP contribution in [0.3, 0.4) is 0 Å². The molecular formula is C20H20ClN5O. The average molecular weight is 382 g/mol. The highest BCUT2D eigenvalue weighted by Crippen LogP contribution is 2.27. The predicted octanol–water partition coefficient (Wildman–Crippen LogP) is 3.04. The summed E-state index contributed by atoms with van der Waals surface area (Å²) >= 11 is 6.28. The van der Waals surface area contributed by atoms with E-state index in [1.165, 1.54) is 0 Å². The monoisotopic (exact) mass is 381 g/mol. The highest BCUT2D eigenvalue weighted by atomic mass is 35.5. The van der Waals surface area contributed by atoms with Crippen molar-refractivity contribution in [1.82, 2.24) is 14.8 Å². The van der Waals surface area contributed by atoms with Crippen molar-refractivity contribution < 1.29 is 4.79 Å². The number of hydrogen-bond acceptors (Lipinski definition) is 4. The van der Waals surface area contributed by atoms with E-state index in [-0.39, 0.29) is 12.5 Å².